The number of hydrogen-bond acceptors (Lipinski definition) is 14. The molecule has 0 radical (unpaired) electrons. The van der Waals surface area contributed by atoms with E-state index >= 15 is 0 Å². The van der Waals surface area contributed by atoms with Crippen LogP contribution in [0, 0.1) is 12.7 Å². The van der Waals surface area contributed by atoms with Gasteiger partial charge in [-0.2, -0.15) is 16.8 Å². The van der Waals surface area contributed by atoms with Crippen molar-refractivity contribution in [1.29, 1.82) is 0 Å². The molecular formula is C43H41ClFN7O9S5. The van der Waals surface area contributed by atoms with E-state index in [0.29, 0.717) is 29.0 Å². The Bertz CT molecular complexity index is 3060. The number of carbonyl (C=O) groups excluding carboxylic acids is 2. The van der Waals surface area contributed by atoms with Gasteiger partial charge in [-0.1, -0.05) is 23.7 Å². The summed E-state index contributed by atoms with van der Waals surface area (Å²) < 4.78 is 94.3. The van der Waals surface area contributed by atoms with Gasteiger partial charge in [-0.25, -0.2) is 22.8 Å². The molecule has 3 atom stereocenters. The zero-order valence-electron chi connectivity index (χ0n) is 34.8. The predicted octanol–water partition coefficient (Wildman–Crippen LogP) is 6.46. The number of thiazole rings is 2. The standard InChI is InChI=1S/C24H25ClN4O3S2.C19H16FN3O6S3/c1-16-14-17(2-7-21(16)25)18-8-11-28(15-18)22-9-12-29(23(22)30)19-3-5-20(6-4-19)34(31,32)27-24-26-10-13-33-24;20-13-1-5-15(6-2-13)31(26,27)23(19-21-10-12-30-19)32(28,29)16-7-3-14(4-8-16)22-11-9-17(24)18(22)25/h2-7,10,13-14,18,22H,8-9,11-12,15H2,1H3,(H,26,27);1-8,10,12,17,24H,9,11H2/t18?,22-;17-/m01/s1. The number of aliphatic hydroxyl groups excluding tert-OH is 1. The van der Waals surface area contributed by atoms with E-state index in [0.717, 1.165) is 72.1 Å². The van der Waals surface area contributed by atoms with Crippen molar-refractivity contribution in [1.82, 2.24) is 14.9 Å². The first-order valence-corrected chi connectivity index (χ1v) is 26.8. The molecule has 1 unspecified atom stereocenters. The fourth-order valence-corrected chi connectivity index (χ4v) is 14.5. The van der Waals surface area contributed by atoms with Crippen LogP contribution >= 0.6 is 34.3 Å². The quantitative estimate of drug-likeness (QED) is 0.135. The number of nitrogens with one attached hydrogen (secondary N) is 1. The third kappa shape index (κ3) is 9.72. The average molecular weight is 1010 g/mol. The Morgan fingerprint density at radius 2 is 1.30 bits per heavy atom. The summed E-state index contributed by atoms with van der Waals surface area (Å²) in [6, 6.07) is 21.3. The number of aliphatic hydroxyl groups is 1. The molecule has 0 bridgehead atoms. The van der Waals surface area contributed by atoms with Gasteiger partial charge in [0.2, 0.25) is 11.0 Å². The van der Waals surface area contributed by atoms with Gasteiger partial charge in [0.25, 0.3) is 36.0 Å². The molecule has 16 nitrogen and oxygen atoms in total. The molecule has 4 aromatic carbocycles. The molecule has 6 aromatic rings. The van der Waals surface area contributed by atoms with Crippen LogP contribution in [0.2, 0.25) is 5.02 Å². The van der Waals surface area contributed by atoms with Crippen molar-refractivity contribution in [3.05, 3.63) is 136 Å². The van der Waals surface area contributed by atoms with Crippen LogP contribution < -0.4 is 18.2 Å². The molecule has 0 aliphatic carbocycles. The summed E-state index contributed by atoms with van der Waals surface area (Å²) in [6.07, 6.45) is 3.73. The number of sulfonamides is 3. The van der Waals surface area contributed by atoms with E-state index in [2.05, 4.69) is 31.7 Å². The van der Waals surface area contributed by atoms with Crippen molar-refractivity contribution in [3.63, 3.8) is 0 Å². The van der Waals surface area contributed by atoms with E-state index in [1.807, 2.05) is 13.0 Å². The molecule has 3 aliphatic heterocycles. The molecule has 5 heterocycles. The Balaban J connectivity index is 0.000000180. The van der Waals surface area contributed by atoms with Gasteiger partial charge in [0.15, 0.2) is 5.13 Å². The van der Waals surface area contributed by atoms with Gasteiger partial charge in [0.1, 0.15) is 11.9 Å². The molecule has 346 valence electrons. The van der Waals surface area contributed by atoms with Gasteiger partial charge in [0.05, 0.1) is 20.7 Å². The molecule has 23 heteroatoms. The van der Waals surface area contributed by atoms with Crippen LogP contribution in [-0.2, 0) is 39.7 Å². The Hall–Kier alpha value is -5.33. The zero-order valence-corrected chi connectivity index (χ0v) is 39.7. The highest BCUT2D eigenvalue weighted by molar-refractivity contribution is 8.10. The van der Waals surface area contributed by atoms with Crippen LogP contribution in [-0.4, -0.2) is 95.4 Å². The lowest BCUT2D eigenvalue weighted by molar-refractivity contribution is -0.124. The summed E-state index contributed by atoms with van der Waals surface area (Å²) in [4.78, 5) is 37.8. The average Bonchev–Trinajstić information content (AvgIpc) is 4.17. The van der Waals surface area contributed by atoms with Gasteiger partial charge in [-0.15, -0.1) is 26.4 Å². The van der Waals surface area contributed by atoms with Crippen molar-refractivity contribution in [2.75, 3.05) is 44.4 Å². The lowest BCUT2D eigenvalue weighted by atomic mass is 9.97. The zero-order chi connectivity index (χ0) is 47.0. The first-order valence-electron chi connectivity index (χ1n) is 20.3. The molecule has 9 rings (SSSR count). The number of amides is 2. The molecule has 0 spiro atoms. The van der Waals surface area contributed by atoms with Crippen LogP contribution in [0.1, 0.15) is 36.3 Å². The van der Waals surface area contributed by atoms with Crippen molar-refractivity contribution in [2.24, 2.45) is 0 Å². The minimum absolute atomic E-state index is 0.0736. The molecule has 2 aromatic heterocycles. The fourth-order valence-electron chi connectivity index (χ4n) is 7.94. The second-order valence-corrected chi connectivity index (χ2v) is 23.1. The number of benzene rings is 4. The van der Waals surface area contributed by atoms with Gasteiger partial charge in [-0.05, 0) is 122 Å². The highest BCUT2D eigenvalue weighted by atomic mass is 35.5. The molecule has 3 aliphatic rings. The first-order chi connectivity index (χ1) is 31.4. The number of likely N-dealkylation sites (tertiary alicyclic amines) is 1. The lowest BCUT2D eigenvalue weighted by Gasteiger charge is -2.23. The van der Waals surface area contributed by atoms with Crippen molar-refractivity contribution in [2.45, 2.75) is 58.9 Å². The van der Waals surface area contributed by atoms with Gasteiger partial charge < -0.3 is 14.9 Å². The number of aryl methyl sites for hydroxylation is 1. The minimum atomic E-state index is -4.66. The first kappa shape index (κ1) is 47.2. The Kier molecular flexibility index (Phi) is 13.7. The summed E-state index contributed by atoms with van der Waals surface area (Å²) in [5.41, 5.74) is 3.43. The number of hydrogen-bond donors (Lipinski definition) is 2. The molecule has 0 saturated carbocycles. The number of anilines is 4. The van der Waals surface area contributed by atoms with Gasteiger partial charge >= 0.3 is 0 Å². The SMILES string of the molecule is Cc1cc(C2CCN([C@H]3CCN(c4ccc(S(=O)(=O)Nc5nccs5)cc4)C3=O)C2)ccc1Cl.O=C1[C@H](O)CCN1c1ccc(S(=O)(=O)N(c2nccs2)S(=O)(=O)c2ccc(F)cc2)cc1. The summed E-state index contributed by atoms with van der Waals surface area (Å²) in [5.74, 6) is -0.703. The lowest BCUT2D eigenvalue weighted by Crippen LogP contribution is -2.40. The second kappa shape index (κ2) is 19.1. The molecule has 2 N–H and O–H groups in total. The van der Waals surface area contributed by atoms with Crippen molar-refractivity contribution >= 4 is 97.8 Å². The Morgan fingerprint density at radius 1 is 0.727 bits per heavy atom. The summed E-state index contributed by atoms with van der Waals surface area (Å²) in [5, 5.41) is 13.5. The maximum atomic E-state index is 13.4. The fraction of sp³-hybridized carbons (Fsp3) is 0.256. The largest absolute Gasteiger partial charge is 0.383 e. The highest BCUT2D eigenvalue weighted by Gasteiger charge is 2.41. The molecule has 66 heavy (non-hydrogen) atoms. The molecule has 2 amide bonds. The molecule has 3 saturated heterocycles. The van der Waals surface area contributed by atoms with E-state index in [4.69, 9.17) is 11.6 Å². The third-order valence-corrected chi connectivity index (χ3v) is 19.1. The number of halogens is 2. The Labute approximate surface area is 394 Å². The van der Waals surface area contributed by atoms with E-state index in [1.165, 1.54) is 69.8 Å². The smallest absolute Gasteiger partial charge is 0.279 e. The highest BCUT2D eigenvalue weighted by Crippen LogP contribution is 2.36. The molecule has 3 fully saturated rings. The van der Waals surface area contributed by atoms with Crippen molar-refractivity contribution < 1.29 is 44.3 Å². The van der Waals surface area contributed by atoms with Crippen molar-refractivity contribution in [3.8, 4) is 0 Å². The monoisotopic (exact) mass is 1010 g/mol. The second-order valence-electron chi connectivity index (χ2n) is 15.5. The summed E-state index contributed by atoms with van der Waals surface area (Å²) in [6.45, 7) is 4.65. The predicted molar refractivity (Wildman–Crippen MR) is 250 cm³/mol. The van der Waals surface area contributed by atoms with Crippen LogP contribution in [0.15, 0.2) is 129 Å². The van der Waals surface area contributed by atoms with E-state index in [-0.39, 0.29) is 43.5 Å². The third-order valence-electron chi connectivity index (χ3n) is 11.4. The van der Waals surface area contributed by atoms with Crippen LogP contribution in [0.3, 0.4) is 0 Å². The maximum absolute atomic E-state index is 13.4. The molecular weight excluding hydrogens is 973 g/mol. The van der Waals surface area contributed by atoms with Crippen LogP contribution in [0.25, 0.3) is 0 Å². The number of carbonyl (C=O) groups is 2. The minimum Gasteiger partial charge on any atom is -0.383 e. The van der Waals surface area contributed by atoms with E-state index in [9.17, 15) is 44.3 Å². The van der Waals surface area contributed by atoms with E-state index in [1.54, 1.807) is 28.6 Å². The summed E-state index contributed by atoms with van der Waals surface area (Å²) >= 11 is 8.20. The summed E-state index contributed by atoms with van der Waals surface area (Å²) in [7, 11) is -13.0. The van der Waals surface area contributed by atoms with E-state index < -0.39 is 52.8 Å². The maximum Gasteiger partial charge on any atom is 0.279 e. The number of nitrogens with zero attached hydrogens (tertiary/aromatic N) is 6. The van der Waals surface area contributed by atoms with Crippen LogP contribution in [0.5, 0.6) is 0 Å². The normalized spacial score (nSPS) is 19.2. The Morgan fingerprint density at radius 3 is 1.86 bits per heavy atom. The number of aromatic nitrogens is 2. The van der Waals surface area contributed by atoms with Crippen LogP contribution in [0.4, 0.5) is 26.0 Å². The number of rotatable bonds is 12. The van der Waals surface area contributed by atoms with Gasteiger partial charge in [0, 0.05) is 65.6 Å². The van der Waals surface area contributed by atoms with Gasteiger partial charge in [-0.3, -0.25) is 19.2 Å². The topological polar surface area (TPSA) is 208 Å².